The van der Waals surface area contributed by atoms with Gasteiger partial charge in [0.2, 0.25) is 0 Å². The molecule has 1 aromatic rings. The van der Waals surface area contributed by atoms with Crippen molar-refractivity contribution in [2.45, 2.75) is 25.8 Å². The molecule has 0 saturated carbocycles. The third-order valence-electron chi connectivity index (χ3n) is 3.86. The first-order chi connectivity index (χ1) is 11.7. The molecular formula is C16H15N2O7-. The Hall–Kier alpha value is -3.23. The number of Topliss-reactive ketones (excluding diaryl/α,β-unsaturated/α-hetero) is 1. The zero-order valence-electron chi connectivity index (χ0n) is 13.3. The van der Waals surface area contributed by atoms with E-state index in [2.05, 4.69) is 0 Å². The minimum Gasteiger partial charge on any atom is -0.550 e. The number of carbonyl (C=O) groups is 3. The number of non-ortho nitro benzene ring substituents is 1. The van der Waals surface area contributed by atoms with Crippen LogP contribution in [-0.2, 0) is 14.4 Å². The predicted molar refractivity (Wildman–Crippen MR) is 82.1 cm³/mol. The number of carboxylic acids is 1. The van der Waals surface area contributed by atoms with Gasteiger partial charge in [0, 0.05) is 24.6 Å². The maximum Gasteiger partial charge on any atom is 0.290 e. The van der Waals surface area contributed by atoms with Gasteiger partial charge in [0.1, 0.15) is 0 Å². The summed E-state index contributed by atoms with van der Waals surface area (Å²) in [5.41, 5.74) is -0.113. The SMILES string of the molecule is CC(=O)C1=C(O)C(=O)N(CCCC(=O)[O-])[C@@H]1c1cccc([N+](=O)[O-])c1. The highest BCUT2D eigenvalue weighted by molar-refractivity contribution is 6.08. The lowest BCUT2D eigenvalue weighted by Gasteiger charge is -2.26. The van der Waals surface area contributed by atoms with Crippen molar-refractivity contribution in [1.29, 1.82) is 0 Å². The maximum absolute atomic E-state index is 12.3. The van der Waals surface area contributed by atoms with Gasteiger partial charge in [0.25, 0.3) is 11.6 Å². The largest absolute Gasteiger partial charge is 0.550 e. The Bertz CT molecular complexity index is 784. The zero-order valence-corrected chi connectivity index (χ0v) is 13.3. The molecule has 1 atom stereocenters. The molecule has 9 nitrogen and oxygen atoms in total. The van der Waals surface area contributed by atoms with Crippen LogP contribution in [0.15, 0.2) is 35.6 Å². The molecule has 1 aromatic carbocycles. The van der Waals surface area contributed by atoms with Crippen LogP contribution >= 0.6 is 0 Å². The fourth-order valence-corrected chi connectivity index (χ4v) is 2.79. The molecule has 0 radical (unpaired) electrons. The van der Waals surface area contributed by atoms with Gasteiger partial charge in [-0.05, 0) is 25.3 Å². The highest BCUT2D eigenvalue weighted by Gasteiger charge is 2.42. The summed E-state index contributed by atoms with van der Waals surface area (Å²) in [5.74, 6) is -3.38. The average Bonchev–Trinajstić information content (AvgIpc) is 2.79. The smallest absolute Gasteiger partial charge is 0.290 e. The molecule has 0 fully saturated rings. The predicted octanol–water partition coefficient (Wildman–Crippen LogP) is 0.409. The van der Waals surface area contributed by atoms with Gasteiger partial charge >= 0.3 is 0 Å². The fourth-order valence-electron chi connectivity index (χ4n) is 2.79. The number of rotatable bonds is 7. The van der Waals surface area contributed by atoms with Crippen LogP contribution in [0.3, 0.4) is 0 Å². The van der Waals surface area contributed by atoms with E-state index in [-0.39, 0.29) is 36.2 Å². The monoisotopic (exact) mass is 347 g/mol. The molecule has 0 aliphatic carbocycles. The number of aliphatic hydroxyl groups excluding tert-OH is 1. The van der Waals surface area contributed by atoms with Crippen molar-refractivity contribution < 1.29 is 29.5 Å². The summed E-state index contributed by atoms with van der Waals surface area (Å²) in [7, 11) is 0. The van der Waals surface area contributed by atoms with E-state index in [0.717, 1.165) is 4.90 Å². The topological polar surface area (TPSA) is 141 Å². The van der Waals surface area contributed by atoms with Gasteiger partial charge in [-0.2, -0.15) is 0 Å². The van der Waals surface area contributed by atoms with E-state index >= 15 is 0 Å². The first-order valence-electron chi connectivity index (χ1n) is 7.43. The Labute approximate surface area is 142 Å². The van der Waals surface area contributed by atoms with Crippen LogP contribution in [0.1, 0.15) is 31.4 Å². The first-order valence-corrected chi connectivity index (χ1v) is 7.43. The standard InChI is InChI=1S/C16H16N2O7/c1-9(19)13-14(10-4-2-5-11(8-10)18(24)25)17(16(23)15(13)22)7-3-6-12(20)21/h2,4-5,8,14,22H,3,6-7H2,1H3,(H,20,21)/p-1/t14-/m1/s1. The summed E-state index contributed by atoms with van der Waals surface area (Å²) in [5, 5.41) is 31.5. The first kappa shape index (κ1) is 18.1. The Balaban J connectivity index is 2.44. The summed E-state index contributed by atoms with van der Waals surface area (Å²) in [6, 6.07) is 4.37. The number of amides is 1. The molecule has 1 amide bonds. The lowest BCUT2D eigenvalue weighted by molar-refractivity contribution is -0.384. The quantitative estimate of drug-likeness (QED) is 0.556. The summed E-state index contributed by atoms with van der Waals surface area (Å²) >= 11 is 0. The lowest BCUT2D eigenvalue weighted by Crippen LogP contribution is -2.33. The molecule has 0 aromatic heterocycles. The van der Waals surface area contributed by atoms with Gasteiger partial charge in [-0.15, -0.1) is 0 Å². The molecule has 0 unspecified atom stereocenters. The van der Waals surface area contributed by atoms with E-state index in [9.17, 15) is 34.7 Å². The third-order valence-corrected chi connectivity index (χ3v) is 3.86. The minimum atomic E-state index is -1.29. The summed E-state index contributed by atoms with van der Waals surface area (Å²) in [4.78, 5) is 46.2. The van der Waals surface area contributed by atoms with Crippen LogP contribution < -0.4 is 5.11 Å². The molecular weight excluding hydrogens is 332 g/mol. The normalized spacial score (nSPS) is 17.1. The van der Waals surface area contributed by atoms with Crippen molar-refractivity contribution in [2.24, 2.45) is 0 Å². The molecule has 2 rings (SSSR count). The highest BCUT2D eigenvalue weighted by Crippen LogP contribution is 2.38. The van der Waals surface area contributed by atoms with Gasteiger partial charge in [0.05, 0.1) is 16.5 Å². The van der Waals surface area contributed by atoms with Crippen LogP contribution in [-0.4, -0.2) is 39.1 Å². The van der Waals surface area contributed by atoms with Crippen molar-refractivity contribution in [3.63, 3.8) is 0 Å². The molecule has 9 heteroatoms. The van der Waals surface area contributed by atoms with E-state index in [4.69, 9.17) is 0 Å². The number of aliphatic carboxylic acids is 1. The molecule has 132 valence electrons. The maximum atomic E-state index is 12.3. The Morgan fingerprint density at radius 3 is 2.60 bits per heavy atom. The summed E-state index contributed by atoms with van der Waals surface area (Å²) in [6.45, 7) is 1.12. The van der Waals surface area contributed by atoms with E-state index in [1.165, 1.54) is 31.2 Å². The molecule has 1 N–H and O–H groups in total. The number of benzene rings is 1. The van der Waals surface area contributed by atoms with E-state index in [1.807, 2.05) is 0 Å². The van der Waals surface area contributed by atoms with E-state index < -0.39 is 34.4 Å². The van der Waals surface area contributed by atoms with E-state index in [0.29, 0.717) is 0 Å². The second-order valence-corrected chi connectivity index (χ2v) is 5.55. The van der Waals surface area contributed by atoms with Gasteiger partial charge in [-0.1, -0.05) is 12.1 Å². The van der Waals surface area contributed by atoms with Gasteiger partial charge in [-0.25, -0.2) is 0 Å². The number of hydrogen-bond donors (Lipinski definition) is 1. The van der Waals surface area contributed by atoms with Gasteiger partial charge in [-0.3, -0.25) is 19.7 Å². The summed E-state index contributed by atoms with van der Waals surface area (Å²) in [6.07, 6.45) is -0.250. The molecule has 1 aliphatic rings. The number of nitro benzene ring substituents is 1. The molecule has 25 heavy (non-hydrogen) atoms. The fraction of sp³-hybridized carbons (Fsp3) is 0.312. The second-order valence-electron chi connectivity index (χ2n) is 5.55. The van der Waals surface area contributed by atoms with Crippen molar-refractivity contribution >= 4 is 23.3 Å². The highest BCUT2D eigenvalue weighted by atomic mass is 16.6. The molecule has 0 saturated heterocycles. The van der Waals surface area contributed by atoms with Crippen molar-refractivity contribution in [3.8, 4) is 0 Å². The number of nitrogens with zero attached hydrogens (tertiary/aromatic N) is 2. The average molecular weight is 347 g/mol. The van der Waals surface area contributed by atoms with Crippen molar-refractivity contribution in [3.05, 3.63) is 51.3 Å². The third kappa shape index (κ3) is 3.65. The van der Waals surface area contributed by atoms with Crippen LogP contribution in [0.2, 0.25) is 0 Å². The lowest BCUT2D eigenvalue weighted by atomic mass is 9.96. The van der Waals surface area contributed by atoms with E-state index in [1.54, 1.807) is 0 Å². The Kier molecular flexibility index (Phi) is 5.16. The number of carboxylic acid groups (broad SMARTS) is 1. The van der Waals surface area contributed by atoms with Crippen molar-refractivity contribution in [2.75, 3.05) is 6.54 Å². The molecule has 0 spiro atoms. The van der Waals surface area contributed by atoms with Gasteiger partial charge in [0.15, 0.2) is 11.5 Å². The zero-order chi connectivity index (χ0) is 18.7. The molecule has 1 aliphatic heterocycles. The Morgan fingerprint density at radius 2 is 2.04 bits per heavy atom. The number of ketones is 1. The Morgan fingerprint density at radius 1 is 1.36 bits per heavy atom. The minimum absolute atomic E-state index is 0.0535. The molecule has 1 heterocycles. The van der Waals surface area contributed by atoms with Crippen LogP contribution in [0.25, 0.3) is 0 Å². The molecule has 0 bridgehead atoms. The summed E-state index contributed by atoms with van der Waals surface area (Å²) < 4.78 is 0. The van der Waals surface area contributed by atoms with Crippen molar-refractivity contribution in [1.82, 2.24) is 4.90 Å². The number of carbonyl (C=O) groups excluding carboxylic acids is 3. The van der Waals surface area contributed by atoms with Crippen LogP contribution in [0, 0.1) is 10.1 Å². The second kappa shape index (κ2) is 7.12. The number of nitro groups is 1. The number of hydrogen-bond acceptors (Lipinski definition) is 7. The van der Waals surface area contributed by atoms with Gasteiger partial charge < -0.3 is 19.9 Å². The van der Waals surface area contributed by atoms with Crippen LogP contribution in [0.4, 0.5) is 5.69 Å². The number of aliphatic hydroxyl groups is 1. The van der Waals surface area contributed by atoms with Crippen LogP contribution in [0.5, 0.6) is 0 Å².